The van der Waals surface area contributed by atoms with Crippen LogP contribution >= 0.6 is 0 Å². The molecule has 0 saturated heterocycles. The number of nitriles is 1. The molecule has 0 bridgehead atoms. The Hall–Kier alpha value is -2.23. The van der Waals surface area contributed by atoms with Gasteiger partial charge in [-0.1, -0.05) is 6.92 Å². The van der Waals surface area contributed by atoms with Crippen LogP contribution in [0, 0.1) is 11.3 Å². The lowest BCUT2D eigenvalue weighted by Gasteiger charge is -2.13. The molecule has 0 aliphatic heterocycles. The molecule has 0 spiro atoms. The van der Waals surface area contributed by atoms with E-state index >= 15 is 0 Å². The number of benzene rings is 1. The summed E-state index contributed by atoms with van der Waals surface area (Å²) in [5.74, 6) is -1.75. The number of alkyl halides is 3. The smallest absolute Gasteiger partial charge is 0.481 e. The van der Waals surface area contributed by atoms with Crippen molar-refractivity contribution in [1.29, 1.82) is 5.26 Å². The van der Waals surface area contributed by atoms with Crippen molar-refractivity contribution in [2.75, 3.05) is 0 Å². The van der Waals surface area contributed by atoms with Crippen molar-refractivity contribution in [2.45, 2.75) is 26.1 Å². The molecule has 0 atom stereocenters. The van der Waals surface area contributed by atoms with E-state index in [2.05, 4.69) is 4.74 Å². The molecular formula is C12H10F3NO3. The fraction of sp³-hybridized carbons (Fsp3) is 0.333. The normalized spacial score (nSPS) is 10.9. The first-order valence-corrected chi connectivity index (χ1v) is 5.30. The molecule has 1 aromatic rings. The van der Waals surface area contributed by atoms with Gasteiger partial charge in [-0.2, -0.15) is 5.26 Å². The molecule has 0 amide bonds. The van der Waals surface area contributed by atoms with Crippen molar-refractivity contribution in [1.82, 2.24) is 0 Å². The van der Waals surface area contributed by atoms with E-state index in [1.165, 1.54) is 0 Å². The lowest BCUT2D eigenvalue weighted by Crippen LogP contribution is -2.18. The third-order valence-electron chi connectivity index (χ3n) is 2.34. The Morgan fingerprint density at radius 3 is 2.42 bits per heavy atom. The first-order chi connectivity index (χ1) is 8.76. The first kappa shape index (κ1) is 14.8. The van der Waals surface area contributed by atoms with Crippen LogP contribution in [0.4, 0.5) is 13.2 Å². The molecule has 0 heterocycles. The van der Waals surface area contributed by atoms with Crippen LogP contribution < -0.4 is 4.74 Å². The minimum atomic E-state index is -4.86. The van der Waals surface area contributed by atoms with Gasteiger partial charge in [0.1, 0.15) is 5.75 Å². The van der Waals surface area contributed by atoms with Gasteiger partial charge in [-0.25, -0.2) is 0 Å². The highest BCUT2D eigenvalue weighted by molar-refractivity contribution is 5.72. The summed E-state index contributed by atoms with van der Waals surface area (Å²) in [6, 6.07) is 3.83. The summed E-state index contributed by atoms with van der Waals surface area (Å²) in [7, 11) is 0. The average Bonchev–Trinajstić information content (AvgIpc) is 2.25. The zero-order valence-electron chi connectivity index (χ0n) is 9.91. The monoisotopic (exact) mass is 273 g/mol. The molecule has 0 aliphatic carbocycles. The number of aryl methyl sites for hydroxylation is 1. The third kappa shape index (κ3) is 4.17. The van der Waals surface area contributed by atoms with E-state index in [0.29, 0.717) is 12.0 Å². The number of halogens is 3. The predicted octanol–water partition coefficient (Wildman–Crippen LogP) is 2.65. The quantitative estimate of drug-likeness (QED) is 0.915. The largest absolute Gasteiger partial charge is 0.573 e. The van der Waals surface area contributed by atoms with Gasteiger partial charge in [-0.05, 0) is 29.7 Å². The number of hydrogen-bond donors (Lipinski definition) is 1. The van der Waals surface area contributed by atoms with Crippen molar-refractivity contribution >= 4 is 5.97 Å². The summed E-state index contributed by atoms with van der Waals surface area (Å²) in [6.07, 6.45) is -5.10. The number of aliphatic carboxylic acids is 1. The van der Waals surface area contributed by atoms with Gasteiger partial charge in [0.15, 0.2) is 0 Å². The predicted molar refractivity (Wildman–Crippen MR) is 58.6 cm³/mol. The van der Waals surface area contributed by atoms with E-state index in [1.807, 2.05) is 6.07 Å². The minimum absolute atomic E-state index is 0.00796. The maximum atomic E-state index is 12.2. The van der Waals surface area contributed by atoms with Crippen LogP contribution in [-0.2, 0) is 17.6 Å². The van der Waals surface area contributed by atoms with Gasteiger partial charge >= 0.3 is 12.3 Å². The molecule has 0 unspecified atom stereocenters. The van der Waals surface area contributed by atoms with Crippen LogP contribution in [0.25, 0.3) is 0 Å². The lowest BCUT2D eigenvalue weighted by atomic mass is 9.97. The van der Waals surface area contributed by atoms with E-state index in [1.54, 1.807) is 6.92 Å². The summed E-state index contributed by atoms with van der Waals surface area (Å²) >= 11 is 0. The van der Waals surface area contributed by atoms with Crippen LogP contribution in [0.1, 0.15) is 23.6 Å². The summed E-state index contributed by atoms with van der Waals surface area (Å²) in [6.45, 7) is 1.65. The van der Waals surface area contributed by atoms with E-state index in [0.717, 1.165) is 12.1 Å². The molecule has 19 heavy (non-hydrogen) atoms. The fourth-order valence-electron chi connectivity index (χ4n) is 1.65. The summed E-state index contributed by atoms with van der Waals surface area (Å²) < 4.78 is 40.2. The summed E-state index contributed by atoms with van der Waals surface area (Å²) in [5, 5.41) is 17.7. The van der Waals surface area contributed by atoms with Crippen LogP contribution in [0.3, 0.4) is 0 Å². The number of ether oxygens (including phenoxy) is 1. The van der Waals surface area contributed by atoms with Gasteiger partial charge < -0.3 is 9.84 Å². The number of rotatable bonds is 4. The van der Waals surface area contributed by atoms with E-state index < -0.39 is 24.5 Å². The van der Waals surface area contributed by atoms with Crippen molar-refractivity contribution in [3.05, 3.63) is 28.8 Å². The molecule has 0 fully saturated rings. The Bertz CT molecular complexity index is 532. The number of carbonyl (C=O) groups is 1. The molecule has 1 rings (SSSR count). The third-order valence-corrected chi connectivity index (χ3v) is 2.34. The Labute approximate surface area is 107 Å². The van der Waals surface area contributed by atoms with Crippen LogP contribution in [-0.4, -0.2) is 17.4 Å². The Morgan fingerprint density at radius 2 is 2.00 bits per heavy atom. The molecule has 0 saturated carbocycles. The van der Waals surface area contributed by atoms with Gasteiger partial charge in [0, 0.05) is 0 Å². The van der Waals surface area contributed by atoms with Crippen molar-refractivity contribution in [3.8, 4) is 11.8 Å². The fourth-order valence-corrected chi connectivity index (χ4v) is 1.65. The molecule has 102 valence electrons. The molecule has 7 heteroatoms. The second-order valence-corrected chi connectivity index (χ2v) is 3.70. The highest BCUT2D eigenvalue weighted by atomic mass is 19.4. The van der Waals surface area contributed by atoms with E-state index in [9.17, 15) is 18.0 Å². The van der Waals surface area contributed by atoms with Gasteiger partial charge in [-0.15, -0.1) is 13.2 Å². The number of hydrogen-bond acceptors (Lipinski definition) is 3. The van der Waals surface area contributed by atoms with Crippen LogP contribution in [0.15, 0.2) is 12.1 Å². The Balaban J connectivity index is 3.30. The standard InChI is InChI=1S/C12H10F3NO3/c1-2-7-3-9(19-12(13,14)15)4-8(5-11(17)18)10(7)6-16/h3-4H,2,5H2,1H3,(H,17,18). The molecule has 0 aliphatic rings. The highest BCUT2D eigenvalue weighted by Crippen LogP contribution is 2.28. The molecule has 4 nitrogen and oxygen atoms in total. The van der Waals surface area contributed by atoms with Gasteiger partial charge in [0.25, 0.3) is 0 Å². The summed E-state index contributed by atoms with van der Waals surface area (Å²) in [4.78, 5) is 10.7. The second-order valence-electron chi connectivity index (χ2n) is 3.70. The van der Waals surface area contributed by atoms with Crippen LogP contribution in [0.5, 0.6) is 5.75 Å². The SMILES string of the molecule is CCc1cc(OC(F)(F)F)cc(CC(=O)O)c1C#N. The Kier molecular flexibility index (Phi) is 4.38. The van der Waals surface area contributed by atoms with Crippen molar-refractivity contribution < 1.29 is 27.8 Å². The first-order valence-electron chi connectivity index (χ1n) is 5.30. The average molecular weight is 273 g/mol. The number of carboxylic acid groups (broad SMARTS) is 1. The van der Waals surface area contributed by atoms with Gasteiger partial charge in [0.05, 0.1) is 18.1 Å². The summed E-state index contributed by atoms with van der Waals surface area (Å²) in [5.41, 5.74) is 0.411. The molecule has 1 aromatic carbocycles. The molecular weight excluding hydrogens is 263 g/mol. The zero-order valence-corrected chi connectivity index (χ0v) is 9.91. The van der Waals surface area contributed by atoms with Crippen molar-refractivity contribution in [2.24, 2.45) is 0 Å². The molecule has 0 radical (unpaired) electrons. The van der Waals surface area contributed by atoms with Gasteiger partial charge in [0.2, 0.25) is 0 Å². The topological polar surface area (TPSA) is 70.3 Å². The zero-order chi connectivity index (χ0) is 14.6. The molecule has 0 aromatic heterocycles. The van der Waals surface area contributed by atoms with E-state index in [-0.39, 0.29) is 11.1 Å². The maximum absolute atomic E-state index is 12.2. The van der Waals surface area contributed by atoms with Gasteiger partial charge in [-0.3, -0.25) is 4.79 Å². The minimum Gasteiger partial charge on any atom is -0.481 e. The Morgan fingerprint density at radius 1 is 1.42 bits per heavy atom. The van der Waals surface area contributed by atoms with Crippen molar-refractivity contribution in [3.63, 3.8) is 0 Å². The lowest BCUT2D eigenvalue weighted by molar-refractivity contribution is -0.274. The second kappa shape index (κ2) is 5.61. The maximum Gasteiger partial charge on any atom is 0.573 e. The molecule has 1 N–H and O–H groups in total. The van der Waals surface area contributed by atoms with Crippen LogP contribution in [0.2, 0.25) is 0 Å². The highest BCUT2D eigenvalue weighted by Gasteiger charge is 2.31. The number of nitrogens with zero attached hydrogens (tertiary/aromatic N) is 1. The van der Waals surface area contributed by atoms with E-state index in [4.69, 9.17) is 10.4 Å². The number of carboxylic acids is 1.